The number of Topliss-reactive ketones (excluding diaryl/α,β-unsaturated/α-hetero) is 2. The Morgan fingerprint density at radius 3 is 2.68 bits per heavy atom. The zero-order valence-corrected chi connectivity index (χ0v) is 11.5. The molecule has 1 aromatic carbocycles. The lowest BCUT2D eigenvalue weighted by molar-refractivity contribution is 0.0791. The zero-order chi connectivity index (χ0) is 13.4. The second-order valence-electron chi connectivity index (χ2n) is 4.94. The van der Waals surface area contributed by atoms with Crippen LogP contribution in [0.1, 0.15) is 37.6 Å². The average Bonchev–Trinajstić information content (AvgIpc) is 2.88. The van der Waals surface area contributed by atoms with Crippen molar-refractivity contribution in [3.63, 3.8) is 0 Å². The van der Waals surface area contributed by atoms with Crippen LogP contribution in [0.2, 0.25) is 0 Å². The second-order valence-corrected chi connectivity index (χ2v) is 5.94. The van der Waals surface area contributed by atoms with E-state index in [1.54, 1.807) is 11.3 Å². The van der Waals surface area contributed by atoms with Gasteiger partial charge in [0.1, 0.15) is 0 Å². The molecular weight excluding hydrogens is 256 g/mol. The van der Waals surface area contributed by atoms with Gasteiger partial charge in [0.25, 0.3) is 0 Å². The van der Waals surface area contributed by atoms with E-state index in [0.717, 1.165) is 22.4 Å². The molecule has 0 radical (unpaired) electrons. The van der Waals surface area contributed by atoms with Crippen molar-refractivity contribution in [2.75, 3.05) is 0 Å². The van der Waals surface area contributed by atoms with Crippen LogP contribution in [0.4, 0.5) is 0 Å². The summed E-state index contributed by atoms with van der Waals surface area (Å²) in [7, 11) is 0. The molecule has 1 heterocycles. The average molecular weight is 270 g/mol. The lowest BCUT2D eigenvalue weighted by Gasteiger charge is -2.19. The largest absolute Gasteiger partial charge is 0.293 e. The number of hydrogen-bond donors (Lipinski definition) is 0. The molecule has 0 amide bonds. The third kappa shape index (κ3) is 2.15. The first-order chi connectivity index (χ1) is 9.16. The summed E-state index contributed by atoms with van der Waals surface area (Å²) in [6.07, 6.45) is 1.47. The molecule has 1 aliphatic rings. The van der Waals surface area contributed by atoms with Crippen LogP contribution >= 0.6 is 11.3 Å². The van der Waals surface area contributed by atoms with Crippen molar-refractivity contribution in [1.29, 1.82) is 0 Å². The molecule has 0 saturated heterocycles. The molecule has 2 nitrogen and oxygen atoms in total. The fourth-order valence-corrected chi connectivity index (χ4v) is 3.42. The first-order valence-electron chi connectivity index (χ1n) is 6.38. The van der Waals surface area contributed by atoms with Crippen molar-refractivity contribution in [2.45, 2.75) is 19.8 Å². The molecule has 1 aliphatic carbocycles. The zero-order valence-electron chi connectivity index (χ0n) is 10.7. The molecule has 0 aliphatic heterocycles. The number of ketones is 2. The number of fused-ring (bicyclic) bond motifs is 1. The summed E-state index contributed by atoms with van der Waals surface area (Å²) in [5.41, 5.74) is 2.51. The van der Waals surface area contributed by atoms with Gasteiger partial charge in [-0.25, -0.2) is 0 Å². The number of thiophene rings is 1. The molecule has 3 rings (SSSR count). The van der Waals surface area contributed by atoms with E-state index in [9.17, 15) is 9.59 Å². The van der Waals surface area contributed by atoms with E-state index in [1.807, 2.05) is 42.6 Å². The van der Waals surface area contributed by atoms with Gasteiger partial charge in [-0.15, -0.1) is 11.3 Å². The molecular formula is C16H14O2S. The Labute approximate surface area is 116 Å². The fraction of sp³-hybridized carbons (Fsp3) is 0.250. The van der Waals surface area contributed by atoms with Gasteiger partial charge in [0.05, 0.1) is 5.92 Å². The number of rotatable bonds is 2. The molecule has 1 unspecified atom stereocenters. The van der Waals surface area contributed by atoms with Gasteiger partial charge in [-0.2, -0.15) is 0 Å². The Morgan fingerprint density at radius 1 is 1.21 bits per heavy atom. The van der Waals surface area contributed by atoms with Crippen LogP contribution in [0.15, 0.2) is 35.7 Å². The van der Waals surface area contributed by atoms with E-state index in [1.165, 1.54) is 0 Å². The molecule has 96 valence electrons. The second kappa shape index (κ2) is 4.74. The van der Waals surface area contributed by atoms with Crippen LogP contribution in [0.3, 0.4) is 0 Å². The van der Waals surface area contributed by atoms with Crippen LogP contribution in [0.5, 0.6) is 0 Å². The molecule has 1 atom stereocenters. The van der Waals surface area contributed by atoms with Gasteiger partial charge in [0.2, 0.25) is 0 Å². The van der Waals surface area contributed by atoms with E-state index in [4.69, 9.17) is 0 Å². The van der Waals surface area contributed by atoms with E-state index >= 15 is 0 Å². The van der Waals surface area contributed by atoms with Crippen molar-refractivity contribution < 1.29 is 9.59 Å². The van der Waals surface area contributed by atoms with Crippen molar-refractivity contribution in [1.82, 2.24) is 0 Å². The standard InChI is InChI=1S/C16H14O2S/c1-10-2-4-11(5-3-10)15(17)13-6-7-14-12(16(13)18)8-9-19-14/h2-5,8-9,13H,6-7H2,1H3. The maximum absolute atomic E-state index is 12.4. The van der Waals surface area contributed by atoms with Crippen LogP contribution in [0.25, 0.3) is 0 Å². The normalized spacial score (nSPS) is 18.2. The molecule has 0 fully saturated rings. The Hall–Kier alpha value is -1.74. The number of benzene rings is 1. The van der Waals surface area contributed by atoms with Gasteiger partial charge in [0, 0.05) is 16.0 Å². The molecule has 0 bridgehead atoms. The van der Waals surface area contributed by atoms with Crippen molar-refractivity contribution in [2.24, 2.45) is 5.92 Å². The third-order valence-electron chi connectivity index (χ3n) is 3.64. The van der Waals surface area contributed by atoms with Crippen LogP contribution in [0, 0.1) is 12.8 Å². The van der Waals surface area contributed by atoms with Gasteiger partial charge < -0.3 is 0 Å². The number of carbonyl (C=O) groups excluding carboxylic acids is 2. The monoisotopic (exact) mass is 270 g/mol. The van der Waals surface area contributed by atoms with Crippen LogP contribution in [-0.2, 0) is 6.42 Å². The minimum absolute atomic E-state index is 0.00641. The summed E-state index contributed by atoms with van der Waals surface area (Å²) in [6.45, 7) is 1.98. The molecule has 2 aromatic rings. The van der Waals surface area contributed by atoms with Crippen molar-refractivity contribution in [3.05, 3.63) is 57.3 Å². The predicted molar refractivity (Wildman–Crippen MR) is 76.0 cm³/mol. The third-order valence-corrected chi connectivity index (χ3v) is 4.62. The Balaban J connectivity index is 1.90. The van der Waals surface area contributed by atoms with Gasteiger partial charge in [-0.05, 0) is 31.2 Å². The Kier molecular flexibility index (Phi) is 3.07. The summed E-state index contributed by atoms with van der Waals surface area (Å²) in [4.78, 5) is 25.9. The maximum Gasteiger partial charge on any atom is 0.174 e. The molecule has 0 saturated carbocycles. The highest BCUT2D eigenvalue weighted by atomic mass is 32.1. The molecule has 0 spiro atoms. The fourth-order valence-electron chi connectivity index (χ4n) is 2.52. The highest BCUT2D eigenvalue weighted by Crippen LogP contribution is 2.31. The minimum atomic E-state index is -0.496. The quantitative estimate of drug-likeness (QED) is 0.616. The summed E-state index contributed by atoms with van der Waals surface area (Å²) >= 11 is 1.61. The van der Waals surface area contributed by atoms with E-state index in [-0.39, 0.29) is 11.6 Å². The Bertz CT molecular complexity index is 637. The van der Waals surface area contributed by atoms with Gasteiger partial charge in [0.15, 0.2) is 11.6 Å². The van der Waals surface area contributed by atoms with E-state index in [0.29, 0.717) is 12.0 Å². The lowest BCUT2D eigenvalue weighted by Crippen LogP contribution is -2.28. The smallest absolute Gasteiger partial charge is 0.174 e. The number of hydrogen-bond acceptors (Lipinski definition) is 3. The van der Waals surface area contributed by atoms with E-state index in [2.05, 4.69) is 0 Å². The summed E-state index contributed by atoms with van der Waals surface area (Å²) < 4.78 is 0. The molecule has 1 aromatic heterocycles. The van der Waals surface area contributed by atoms with Crippen molar-refractivity contribution >= 4 is 22.9 Å². The van der Waals surface area contributed by atoms with Gasteiger partial charge >= 0.3 is 0 Å². The summed E-state index contributed by atoms with van der Waals surface area (Å²) in [5, 5.41) is 1.93. The molecule has 3 heteroatoms. The predicted octanol–water partition coefficient (Wildman–Crippen LogP) is 3.68. The summed E-state index contributed by atoms with van der Waals surface area (Å²) in [5.74, 6) is -0.542. The minimum Gasteiger partial charge on any atom is -0.293 e. The van der Waals surface area contributed by atoms with E-state index < -0.39 is 5.92 Å². The van der Waals surface area contributed by atoms with Gasteiger partial charge in [-0.1, -0.05) is 29.8 Å². The van der Waals surface area contributed by atoms with Crippen LogP contribution < -0.4 is 0 Å². The Morgan fingerprint density at radius 2 is 1.95 bits per heavy atom. The maximum atomic E-state index is 12.4. The topological polar surface area (TPSA) is 34.1 Å². The van der Waals surface area contributed by atoms with Gasteiger partial charge in [-0.3, -0.25) is 9.59 Å². The highest BCUT2D eigenvalue weighted by Gasteiger charge is 2.33. The highest BCUT2D eigenvalue weighted by molar-refractivity contribution is 7.10. The SMILES string of the molecule is Cc1ccc(C(=O)C2CCc3sccc3C2=O)cc1. The molecule has 0 N–H and O–H groups in total. The number of aryl methyl sites for hydroxylation is 2. The first kappa shape index (κ1) is 12.3. The lowest BCUT2D eigenvalue weighted by atomic mass is 9.82. The molecule has 19 heavy (non-hydrogen) atoms. The number of carbonyl (C=O) groups is 2. The van der Waals surface area contributed by atoms with Crippen molar-refractivity contribution in [3.8, 4) is 0 Å². The first-order valence-corrected chi connectivity index (χ1v) is 7.26. The van der Waals surface area contributed by atoms with Crippen LogP contribution in [-0.4, -0.2) is 11.6 Å². The summed E-state index contributed by atoms with van der Waals surface area (Å²) in [6, 6.07) is 9.30.